The average molecular weight is 286 g/mol. The minimum atomic E-state index is -0.706. The van der Waals surface area contributed by atoms with Gasteiger partial charge >= 0.3 is 0 Å². The minimum absolute atomic E-state index is 0.0277. The Labute approximate surface area is 125 Å². The lowest BCUT2D eigenvalue weighted by atomic mass is 9.54. The molecule has 1 aromatic carbocycles. The van der Waals surface area contributed by atoms with Crippen molar-refractivity contribution < 1.29 is 14.7 Å². The zero-order valence-electron chi connectivity index (χ0n) is 13.1. The molecule has 1 N–H and O–H groups in total. The Hall–Kier alpha value is -1.64. The lowest BCUT2D eigenvalue weighted by Gasteiger charge is -2.46. The summed E-state index contributed by atoms with van der Waals surface area (Å²) < 4.78 is 0. The molecule has 0 aliphatic heterocycles. The van der Waals surface area contributed by atoms with Crippen LogP contribution in [0, 0.1) is 23.7 Å². The molecule has 3 unspecified atom stereocenters. The molecule has 1 aromatic rings. The van der Waals surface area contributed by atoms with Crippen LogP contribution in [0.25, 0.3) is 0 Å². The van der Waals surface area contributed by atoms with E-state index < -0.39 is 11.3 Å². The molecule has 21 heavy (non-hydrogen) atoms. The smallest absolute Gasteiger partial charge is 0.154 e. The van der Waals surface area contributed by atoms with Crippen LogP contribution in [0.5, 0.6) is 5.75 Å². The molecule has 0 radical (unpaired) electrons. The van der Waals surface area contributed by atoms with E-state index in [1.807, 2.05) is 27.7 Å². The van der Waals surface area contributed by atoms with Crippen molar-refractivity contribution in [2.45, 2.75) is 46.5 Å². The molecule has 0 saturated heterocycles. The fourth-order valence-electron chi connectivity index (χ4n) is 4.32. The molecule has 0 spiro atoms. The minimum Gasteiger partial charge on any atom is -0.508 e. The van der Waals surface area contributed by atoms with Gasteiger partial charge in [-0.2, -0.15) is 0 Å². The van der Waals surface area contributed by atoms with Gasteiger partial charge in [0, 0.05) is 11.3 Å². The van der Waals surface area contributed by atoms with Crippen LogP contribution in [-0.4, -0.2) is 16.7 Å². The Balaban J connectivity index is 2.16. The van der Waals surface area contributed by atoms with E-state index in [0.717, 1.165) is 18.4 Å². The fourth-order valence-corrected chi connectivity index (χ4v) is 4.32. The van der Waals surface area contributed by atoms with Crippen molar-refractivity contribution in [3.8, 4) is 5.75 Å². The summed E-state index contributed by atoms with van der Waals surface area (Å²) in [4.78, 5) is 26.0. The highest BCUT2D eigenvalue weighted by Gasteiger charge is 2.64. The zero-order chi connectivity index (χ0) is 15.6. The second kappa shape index (κ2) is 4.19. The zero-order valence-corrected chi connectivity index (χ0v) is 13.1. The number of benzene rings is 1. The SMILES string of the molecule is Cc1ccc(O)cc1C1C(=O)C2CCC(C)(C1=O)C2(C)C. The Bertz CT molecular complexity index is 644. The van der Waals surface area contributed by atoms with Crippen LogP contribution >= 0.6 is 0 Å². The van der Waals surface area contributed by atoms with Crippen LogP contribution in [-0.2, 0) is 9.59 Å². The molecule has 3 atom stereocenters. The summed E-state index contributed by atoms with van der Waals surface area (Å²) in [6, 6.07) is 4.95. The second-order valence-corrected chi connectivity index (χ2v) is 7.39. The second-order valence-electron chi connectivity index (χ2n) is 7.39. The molecule has 2 bridgehead atoms. The van der Waals surface area contributed by atoms with Crippen molar-refractivity contribution in [2.75, 3.05) is 0 Å². The van der Waals surface area contributed by atoms with Gasteiger partial charge in [0.25, 0.3) is 0 Å². The summed E-state index contributed by atoms with van der Waals surface area (Å²) in [5.74, 6) is -0.596. The van der Waals surface area contributed by atoms with Crippen molar-refractivity contribution in [1.82, 2.24) is 0 Å². The molecule has 112 valence electrons. The predicted octanol–water partition coefficient (Wildman–Crippen LogP) is 3.38. The summed E-state index contributed by atoms with van der Waals surface area (Å²) in [6.45, 7) is 7.99. The molecule has 3 heteroatoms. The predicted molar refractivity (Wildman–Crippen MR) is 80.2 cm³/mol. The van der Waals surface area contributed by atoms with Gasteiger partial charge in [-0.25, -0.2) is 0 Å². The Kier molecular flexibility index (Phi) is 2.85. The van der Waals surface area contributed by atoms with Crippen molar-refractivity contribution in [3.63, 3.8) is 0 Å². The van der Waals surface area contributed by atoms with Crippen LogP contribution in [0.15, 0.2) is 18.2 Å². The van der Waals surface area contributed by atoms with Gasteiger partial charge in [0.1, 0.15) is 11.7 Å². The standard InChI is InChI=1S/C18H22O3/c1-10-5-6-11(19)9-12(10)14-15(20)13-7-8-18(4,16(14)21)17(13,2)3/h5-6,9,13-14,19H,7-8H2,1-4H3. The van der Waals surface area contributed by atoms with Gasteiger partial charge in [0.2, 0.25) is 0 Å². The monoisotopic (exact) mass is 286 g/mol. The van der Waals surface area contributed by atoms with Gasteiger partial charge in [-0.15, -0.1) is 0 Å². The number of hydrogen-bond donors (Lipinski definition) is 1. The number of aromatic hydroxyl groups is 1. The fraction of sp³-hybridized carbons (Fsp3) is 0.556. The van der Waals surface area contributed by atoms with E-state index >= 15 is 0 Å². The first-order valence-corrected chi connectivity index (χ1v) is 7.58. The van der Waals surface area contributed by atoms with Gasteiger partial charge in [-0.1, -0.05) is 26.8 Å². The van der Waals surface area contributed by atoms with E-state index in [0.29, 0.717) is 5.56 Å². The van der Waals surface area contributed by atoms with E-state index in [-0.39, 0.29) is 28.6 Å². The van der Waals surface area contributed by atoms with E-state index in [1.54, 1.807) is 18.2 Å². The van der Waals surface area contributed by atoms with Crippen molar-refractivity contribution >= 4 is 11.6 Å². The maximum atomic E-state index is 13.1. The first-order chi connectivity index (χ1) is 9.70. The van der Waals surface area contributed by atoms with E-state index in [2.05, 4.69) is 0 Å². The molecule has 2 aliphatic rings. The van der Waals surface area contributed by atoms with Gasteiger partial charge in [-0.05, 0) is 48.4 Å². The molecule has 0 amide bonds. The van der Waals surface area contributed by atoms with Crippen LogP contribution in [0.4, 0.5) is 0 Å². The summed E-state index contributed by atoms with van der Waals surface area (Å²) in [6.07, 6.45) is 1.58. The lowest BCUT2D eigenvalue weighted by molar-refractivity contribution is -0.149. The quantitative estimate of drug-likeness (QED) is 0.805. The van der Waals surface area contributed by atoms with E-state index in [4.69, 9.17) is 0 Å². The molecule has 2 aliphatic carbocycles. The number of hydrogen-bond acceptors (Lipinski definition) is 3. The summed E-state index contributed by atoms with van der Waals surface area (Å²) in [7, 11) is 0. The molecule has 0 aromatic heterocycles. The molecule has 0 heterocycles. The molecular weight excluding hydrogens is 264 g/mol. The molecular formula is C18H22O3. The third-order valence-corrected chi connectivity index (χ3v) is 6.23. The van der Waals surface area contributed by atoms with Crippen LogP contribution in [0.3, 0.4) is 0 Å². The van der Waals surface area contributed by atoms with Crippen molar-refractivity contribution in [1.29, 1.82) is 0 Å². The van der Waals surface area contributed by atoms with Crippen LogP contribution in [0.1, 0.15) is 50.7 Å². The number of aryl methyl sites for hydroxylation is 1. The first kappa shape index (κ1) is 14.3. The topological polar surface area (TPSA) is 54.4 Å². The molecule has 2 saturated carbocycles. The molecule has 3 rings (SSSR count). The van der Waals surface area contributed by atoms with Gasteiger partial charge < -0.3 is 5.11 Å². The highest BCUT2D eigenvalue weighted by molar-refractivity contribution is 6.14. The third kappa shape index (κ3) is 1.66. The van der Waals surface area contributed by atoms with Crippen molar-refractivity contribution in [3.05, 3.63) is 29.3 Å². The maximum absolute atomic E-state index is 13.1. The number of ketones is 2. The summed E-state index contributed by atoms with van der Waals surface area (Å²) >= 11 is 0. The number of phenols is 1. The Morgan fingerprint density at radius 2 is 1.86 bits per heavy atom. The van der Waals surface area contributed by atoms with E-state index in [9.17, 15) is 14.7 Å². The number of rotatable bonds is 1. The highest BCUT2D eigenvalue weighted by Crippen LogP contribution is 2.62. The number of fused-ring (bicyclic) bond motifs is 2. The molecule has 3 nitrogen and oxygen atoms in total. The van der Waals surface area contributed by atoms with Gasteiger partial charge in [0.15, 0.2) is 11.6 Å². The Morgan fingerprint density at radius 3 is 2.52 bits per heavy atom. The first-order valence-electron chi connectivity index (χ1n) is 7.58. The largest absolute Gasteiger partial charge is 0.508 e. The summed E-state index contributed by atoms with van der Waals surface area (Å²) in [5, 5.41) is 9.73. The highest BCUT2D eigenvalue weighted by atomic mass is 16.3. The number of carbonyl (C=O) groups excluding carboxylic acids is 2. The average Bonchev–Trinajstić information content (AvgIpc) is 2.59. The van der Waals surface area contributed by atoms with Crippen LogP contribution < -0.4 is 0 Å². The third-order valence-electron chi connectivity index (χ3n) is 6.23. The Morgan fingerprint density at radius 1 is 1.19 bits per heavy atom. The van der Waals surface area contributed by atoms with Gasteiger partial charge in [0.05, 0.1) is 0 Å². The maximum Gasteiger partial charge on any atom is 0.154 e. The summed E-state index contributed by atoms with van der Waals surface area (Å²) in [5.41, 5.74) is 0.845. The van der Waals surface area contributed by atoms with Gasteiger partial charge in [-0.3, -0.25) is 9.59 Å². The number of Topliss-reactive ketones (excluding diaryl/α,β-unsaturated/α-hetero) is 2. The lowest BCUT2D eigenvalue weighted by Crippen LogP contribution is -2.52. The normalized spacial score (nSPS) is 34.3. The number of carbonyl (C=O) groups is 2. The van der Waals surface area contributed by atoms with Crippen molar-refractivity contribution in [2.24, 2.45) is 16.7 Å². The van der Waals surface area contributed by atoms with E-state index in [1.165, 1.54) is 0 Å². The number of phenolic OH excluding ortho intramolecular Hbond substituents is 1. The van der Waals surface area contributed by atoms with Crippen LogP contribution in [0.2, 0.25) is 0 Å². The molecule has 2 fully saturated rings.